The van der Waals surface area contributed by atoms with E-state index < -0.39 is 23.0 Å². The Labute approximate surface area is 97.8 Å². The van der Waals surface area contributed by atoms with E-state index in [1.54, 1.807) is 0 Å². The summed E-state index contributed by atoms with van der Waals surface area (Å²) in [5.41, 5.74) is 5.53. The number of hydrogen-bond donors (Lipinski definition) is 2. The van der Waals surface area contributed by atoms with Gasteiger partial charge in [-0.3, -0.25) is 5.10 Å². The lowest BCUT2D eigenvalue weighted by molar-refractivity contribution is 0.120. The second-order valence-electron chi connectivity index (χ2n) is 3.40. The Kier molecular flexibility index (Phi) is 4.54. The first kappa shape index (κ1) is 14.0. The maximum atomic E-state index is 12.3. The van der Waals surface area contributed by atoms with E-state index in [4.69, 9.17) is 5.73 Å². The molecule has 98 valence electrons. The van der Waals surface area contributed by atoms with Crippen molar-refractivity contribution in [3.63, 3.8) is 0 Å². The quantitative estimate of drug-likeness (QED) is 0.755. The third-order valence-electron chi connectivity index (χ3n) is 2.12. The lowest BCUT2D eigenvalue weighted by Crippen LogP contribution is -2.38. The molecule has 0 amide bonds. The number of aromatic amines is 1. The maximum Gasteiger partial charge on any atom is 0.252 e. The Balaban J connectivity index is 3.04. The molecule has 0 atom stereocenters. The van der Waals surface area contributed by atoms with Gasteiger partial charge in [0.05, 0.1) is 18.4 Å². The van der Waals surface area contributed by atoms with Crippen LogP contribution < -0.4 is 5.73 Å². The van der Waals surface area contributed by atoms with Gasteiger partial charge in [-0.2, -0.15) is 9.40 Å². The van der Waals surface area contributed by atoms with E-state index in [-0.39, 0.29) is 18.0 Å². The van der Waals surface area contributed by atoms with Gasteiger partial charge in [-0.1, -0.05) is 0 Å². The second-order valence-corrected chi connectivity index (χ2v) is 5.31. The van der Waals surface area contributed by atoms with Crippen LogP contribution in [-0.4, -0.2) is 49.0 Å². The molecule has 1 aromatic heterocycles. The predicted molar refractivity (Wildman–Crippen MR) is 57.1 cm³/mol. The van der Waals surface area contributed by atoms with Crippen LogP contribution in [0.1, 0.15) is 5.69 Å². The molecule has 0 bridgehead atoms. The van der Waals surface area contributed by atoms with E-state index >= 15 is 0 Å². The van der Waals surface area contributed by atoms with Crippen molar-refractivity contribution in [1.29, 1.82) is 0 Å². The minimum Gasteiger partial charge on any atom is -0.329 e. The van der Waals surface area contributed by atoms with E-state index in [0.29, 0.717) is 10.00 Å². The number of aromatic nitrogens is 2. The number of hydrogen-bond acceptors (Lipinski definition) is 4. The summed E-state index contributed by atoms with van der Waals surface area (Å²) in [5.74, 6) is 0. The molecule has 6 nitrogen and oxygen atoms in total. The number of sulfonamides is 1. The lowest BCUT2D eigenvalue weighted by Gasteiger charge is -2.20. The van der Waals surface area contributed by atoms with Gasteiger partial charge in [0.15, 0.2) is 0 Å². The van der Waals surface area contributed by atoms with Gasteiger partial charge < -0.3 is 5.73 Å². The summed E-state index contributed by atoms with van der Waals surface area (Å²) in [6.45, 7) is 0.452. The number of alkyl halides is 2. The first-order chi connectivity index (χ1) is 7.89. The Morgan fingerprint density at radius 1 is 1.59 bits per heavy atom. The zero-order valence-electron chi connectivity index (χ0n) is 9.23. The molecule has 1 rings (SSSR count). The summed E-state index contributed by atoms with van der Waals surface area (Å²) in [6, 6.07) is 0. The summed E-state index contributed by atoms with van der Waals surface area (Å²) in [7, 11) is -3.97. The molecule has 1 aromatic rings. The average Bonchev–Trinajstić information content (AvgIpc) is 2.63. The van der Waals surface area contributed by atoms with Gasteiger partial charge in [0.2, 0.25) is 10.0 Å². The minimum absolute atomic E-state index is 0.0250. The standard InChI is InChI=1S/C8H14F2N4O2S/c1-6-7(4-12-13-6)17(15,16)14(3-2-11)5-8(9)10/h4,8H,2-3,5,11H2,1H3,(H,12,13). The molecule has 0 spiro atoms. The molecule has 0 fully saturated rings. The van der Waals surface area contributed by atoms with Crippen molar-refractivity contribution in [2.75, 3.05) is 19.6 Å². The molecule has 9 heteroatoms. The van der Waals surface area contributed by atoms with E-state index in [9.17, 15) is 17.2 Å². The van der Waals surface area contributed by atoms with Crippen LogP contribution in [-0.2, 0) is 10.0 Å². The topological polar surface area (TPSA) is 92.1 Å². The second kappa shape index (κ2) is 5.52. The van der Waals surface area contributed by atoms with Crippen LogP contribution in [0.4, 0.5) is 8.78 Å². The largest absolute Gasteiger partial charge is 0.329 e. The summed E-state index contributed by atoms with van der Waals surface area (Å²) in [6.07, 6.45) is -1.65. The van der Waals surface area contributed by atoms with Gasteiger partial charge in [-0.05, 0) is 6.92 Å². The van der Waals surface area contributed by atoms with Crippen molar-refractivity contribution in [3.05, 3.63) is 11.9 Å². The molecule has 0 aliphatic rings. The fourth-order valence-corrected chi connectivity index (χ4v) is 2.90. The van der Waals surface area contributed by atoms with Gasteiger partial charge in [-0.15, -0.1) is 0 Å². The zero-order valence-corrected chi connectivity index (χ0v) is 10.0. The normalized spacial score (nSPS) is 12.6. The summed E-state index contributed by atoms with van der Waals surface area (Å²) in [5, 5.41) is 6.01. The predicted octanol–water partition coefficient (Wildman–Crippen LogP) is -0.0674. The fourth-order valence-electron chi connectivity index (χ4n) is 1.35. The van der Waals surface area contributed by atoms with E-state index in [1.807, 2.05) is 0 Å². The Morgan fingerprint density at radius 3 is 2.65 bits per heavy atom. The third kappa shape index (κ3) is 3.20. The zero-order chi connectivity index (χ0) is 13.1. The van der Waals surface area contributed by atoms with Crippen molar-refractivity contribution in [2.45, 2.75) is 18.2 Å². The van der Waals surface area contributed by atoms with Gasteiger partial charge in [0.1, 0.15) is 4.90 Å². The van der Waals surface area contributed by atoms with Crippen LogP contribution in [0.3, 0.4) is 0 Å². The number of nitrogens with zero attached hydrogens (tertiary/aromatic N) is 2. The molecule has 0 unspecified atom stereocenters. The van der Waals surface area contributed by atoms with Crippen LogP contribution in [0.5, 0.6) is 0 Å². The minimum atomic E-state index is -3.97. The maximum absolute atomic E-state index is 12.3. The molecule has 0 aromatic carbocycles. The molecular formula is C8H14F2N4O2S. The first-order valence-corrected chi connectivity index (χ1v) is 6.32. The monoisotopic (exact) mass is 268 g/mol. The van der Waals surface area contributed by atoms with Crippen LogP contribution >= 0.6 is 0 Å². The Morgan fingerprint density at radius 2 is 2.24 bits per heavy atom. The van der Waals surface area contributed by atoms with Crippen molar-refractivity contribution in [1.82, 2.24) is 14.5 Å². The Bertz CT molecular complexity index is 460. The van der Waals surface area contributed by atoms with E-state index in [0.717, 1.165) is 6.20 Å². The van der Waals surface area contributed by atoms with Gasteiger partial charge >= 0.3 is 0 Å². The van der Waals surface area contributed by atoms with E-state index in [2.05, 4.69) is 10.2 Å². The van der Waals surface area contributed by atoms with Gasteiger partial charge in [0.25, 0.3) is 6.43 Å². The van der Waals surface area contributed by atoms with Crippen molar-refractivity contribution in [3.8, 4) is 0 Å². The third-order valence-corrected chi connectivity index (χ3v) is 4.10. The number of halogens is 2. The van der Waals surface area contributed by atoms with Crippen molar-refractivity contribution >= 4 is 10.0 Å². The number of H-pyrrole nitrogens is 1. The molecule has 0 aliphatic carbocycles. The number of rotatable bonds is 6. The van der Waals surface area contributed by atoms with Crippen LogP contribution in [0.15, 0.2) is 11.1 Å². The highest BCUT2D eigenvalue weighted by Crippen LogP contribution is 2.18. The molecular weight excluding hydrogens is 254 g/mol. The highest BCUT2D eigenvalue weighted by molar-refractivity contribution is 7.89. The summed E-state index contributed by atoms with van der Waals surface area (Å²) < 4.78 is 49.3. The molecule has 0 aliphatic heterocycles. The van der Waals surface area contributed by atoms with E-state index in [1.165, 1.54) is 6.92 Å². The number of aryl methyl sites for hydroxylation is 1. The van der Waals surface area contributed by atoms with Gasteiger partial charge in [-0.25, -0.2) is 17.2 Å². The molecule has 0 radical (unpaired) electrons. The average molecular weight is 268 g/mol. The number of nitrogens with two attached hydrogens (primary N) is 1. The molecule has 1 heterocycles. The smallest absolute Gasteiger partial charge is 0.252 e. The van der Waals surface area contributed by atoms with Crippen molar-refractivity contribution < 1.29 is 17.2 Å². The molecule has 3 N–H and O–H groups in total. The first-order valence-electron chi connectivity index (χ1n) is 4.88. The SMILES string of the molecule is Cc1[nH]ncc1S(=O)(=O)N(CCN)CC(F)F. The van der Waals surface area contributed by atoms with Crippen molar-refractivity contribution in [2.24, 2.45) is 5.73 Å². The number of nitrogens with one attached hydrogen (secondary N) is 1. The van der Waals surface area contributed by atoms with Crippen LogP contribution in [0.25, 0.3) is 0 Å². The fraction of sp³-hybridized carbons (Fsp3) is 0.625. The Hall–Kier alpha value is -1.06. The summed E-state index contributed by atoms with van der Waals surface area (Å²) >= 11 is 0. The van der Waals surface area contributed by atoms with Crippen LogP contribution in [0, 0.1) is 6.92 Å². The highest BCUT2D eigenvalue weighted by atomic mass is 32.2. The molecule has 0 saturated carbocycles. The summed E-state index contributed by atoms with van der Waals surface area (Å²) in [4.78, 5) is -0.105. The molecule has 17 heavy (non-hydrogen) atoms. The highest BCUT2D eigenvalue weighted by Gasteiger charge is 2.28. The van der Waals surface area contributed by atoms with Gasteiger partial charge in [0, 0.05) is 13.1 Å². The lowest BCUT2D eigenvalue weighted by atomic mass is 10.5. The molecule has 0 saturated heterocycles. The van der Waals surface area contributed by atoms with Crippen LogP contribution in [0.2, 0.25) is 0 Å².